The number of imidazole rings is 1. The van der Waals surface area contributed by atoms with Crippen LogP contribution in [0.15, 0.2) is 54.1 Å². The first kappa shape index (κ1) is 18.9. The van der Waals surface area contributed by atoms with Crippen molar-refractivity contribution in [3.63, 3.8) is 0 Å². The zero-order valence-electron chi connectivity index (χ0n) is 15.4. The maximum atomic E-state index is 13.0. The number of hydrogen-bond donors (Lipinski definition) is 2. The molecule has 0 radical (unpaired) electrons. The van der Waals surface area contributed by atoms with E-state index in [-0.39, 0.29) is 29.4 Å². The Kier molecular flexibility index (Phi) is 4.94. The van der Waals surface area contributed by atoms with E-state index in [1.807, 2.05) is 12.1 Å². The van der Waals surface area contributed by atoms with Crippen molar-refractivity contribution in [3.05, 3.63) is 70.4 Å². The molecule has 0 spiro atoms. The molecule has 0 aliphatic carbocycles. The van der Waals surface area contributed by atoms with Crippen LogP contribution < -0.4 is 16.2 Å². The highest BCUT2D eigenvalue weighted by molar-refractivity contribution is 6.33. The minimum Gasteiger partial charge on any atom is -0.354 e. The highest BCUT2D eigenvalue weighted by Gasteiger charge is 2.27. The Labute approximate surface area is 170 Å². The quantitative estimate of drug-likeness (QED) is 0.623. The highest BCUT2D eigenvalue weighted by Crippen LogP contribution is 2.27. The lowest BCUT2D eigenvalue weighted by molar-refractivity contribution is -0.120. The molecule has 29 heavy (non-hydrogen) atoms. The summed E-state index contributed by atoms with van der Waals surface area (Å²) < 4.78 is 3.01. The van der Waals surface area contributed by atoms with Gasteiger partial charge < -0.3 is 10.6 Å². The van der Waals surface area contributed by atoms with Crippen LogP contribution in [0.25, 0.3) is 16.9 Å². The summed E-state index contributed by atoms with van der Waals surface area (Å²) in [4.78, 5) is 41.5. The van der Waals surface area contributed by atoms with Gasteiger partial charge in [-0.3, -0.25) is 23.4 Å². The van der Waals surface area contributed by atoms with Crippen LogP contribution in [0.1, 0.15) is 16.9 Å². The molecule has 1 aromatic carbocycles. The minimum absolute atomic E-state index is 0.0586. The summed E-state index contributed by atoms with van der Waals surface area (Å²) in [7, 11) is 0. The first-order valence-electron chi connectivity index (χ1n) is 9.06. The fraction of sp³-hybridized carbons (Fsp3) is 0.200. The van der Waals surface area contributed by atoms with Gasteiger partial charge in [0.2, 0.25) is 11.6 Å². The Morgan fingerprint density at radius 1 is 1.34 bits per heavy atom. The largest absolute Gasteiger partial charge is 0.354 e. The predicted molar refractivity (Wildman–Crippen MR) is 109 cm³/mol. The Morgan fingerprint density at radius 2 is 2.14 bits per heavy atom. The normalized spacial score (nSPS) is 16.0. The molecule has 0 saturated carbocycles. The molecule has 0 bridgehead atoms. The molecule has 1 aliphatic heterocycles. The van der Waals surface area contributed by atoms with Crippen molar-refractivity contribution in [3.8, 4) is 11.3 Å². The molecule has 1 atom stereocenters. The Morgan fingerprint density at radius 3 is 2.83 bits per heavy atom. The van der Waals surface area contributed by atoms with Gasteiger partial charge in [0.1, 0.15) is 11.7 Å². The van der Waals surface area contributed by atoms with Gasteiger partial charge in [-0.15, -0.1) is 6.58 Å². The maximum absolute atomic E-state index is 13.0. The third-order valence-corrected chi connectivity index (χ3v) is 5.10. The third kappa shape index (κ3) is 3.42. The van der Waals surface area contributed by atoms with E-state index >= 15 is 0 Å². The second-order valence-corrected chi connectivity index (χ2v) is 7.07. The fourth-order valence-corrected chi connectivity index (χ4v) is 3.58. The molecule has 8 nitrogen and oxygen atoms in total. The number of benzene rings is 1. The number of hydrogen-bond acceptors (Lipinski definition) is 4. The number of fused-ring (bicyclic) bond motifs is 1. The second-order valence-electron chi connectivity index (χ2n) is 6.66. The lowest BCUT2D eigenvalue weighted by atomic mass is 10.1. The topological polar surface area (TPSA) is 97.5 Å². The molecule has 2 amide bonds. The molecule has 9 heteroatoms. The van der Waals surface area contributed by atoms with Gasteiger partial charge in [-0.25, -0.2) is 4.98 Å². The van der Waals surface area contributed by atoms with Crippen molar-refractivity contribution in [2.45, 2.75) is 19.0 Å². The van der Waals surface area contributed by atoms with E-state index < -0.39 is 11.9 Å². The molecular formula is C20H18ClN5O3. The Balaban J connectivity index is 1.80. The van der Waals surface area contributed by atoms with Gasteiger partial charge in [0, 0.05) is 36.1 Å². The van der Waals surface area contributed by atoms with E-state index in [2.05, 4.69) is 22.2 Å². The van der Waals surface area contributed by atoms with E-state index in [1.165, 1.54) is 15.2 Å². The van der Waals surface area contributed by atoms with Crippen LogP contribution in [0.5, 0.6) is 0 Å². The van der Waals surface area contributed by atoms with Gasteiger partial charge in [-0.05, 0) is 12.5 Å². The number of halogens is 1. The lowest BCUT2D eigenvalue weighted by Gasteiger charge is -2.13. The molecule has 148 valence electrons. The SMILES string of the molecule is C=CCn1c(-c2ccccc2Cl)cn2cc(C(=O)NC3CCNC3=O)nc2c1=O. The van der Waals surface area contributed by atoms with Gasteiger partial charge in [-0.2, -0.15) is 0 Å². The van der Waals surface area contributed by atoms with Crippen molar-refractivity contribution >= 4 is 29.1 Å². The molecule has 4 rings (SSSR count). The number of carbonyl (C=O) groups is 2. The number of nitrogens with zero attached hydrogens (tertiary/aromatic N) is 3. The van der Waals surface area contributed by atoms with Crippen molar-refractivity contribution in [1.29, 1.82) is 0 Å². The predicted octanol–water partition coefficient (Wildman–Crippen LogP) is 1.62. The summed E-state index contributed by atoms with van der Waals surface area (Å²) in [5.41, 5.74) is 1.04. The first-order chi connectivity index (χ1) is 14.0. The van der Waals surface area contributed by atoms with Crippen LogP contribution in [0, 0.1) is 0 Å². The maximum Gasteiger partial charge on any atom is 0.295 e. The van der Waals surface area contributed by atoms with Crippen LogP contribution in [-0.2, 0) is 11.3 Å². The molecule has 1 saturated heterocycles. The van der Waals surface area contributed by atoms with Gasteiger partial charge >= 0.3 is 0 Å². The summed E-state index contributed by atoms with van der Waals surface area (Å²) >= 11 is 6.33. The average molecular weight is 412 g/mol. The van der Waals surface area contributed by atoms with Crippen molar-refractivity contribution < 1.29 is 9.59 Å². The molecular weight excluding hydrogens is 394 g/mol. The Bertz CT molecular complexity index is 1200. The van der Waals surface area contributed by atoms with Gasteiger partial charge in [0.25, 0.3) is 11.5 Å². The fourth-order valence-electron chi connectivity index (χ4n) is 3.35. The summed E-state index contributed by atoms with van der Waals surface area (Å²) in [6.45, 7) is 4.48. The zero-order valence-corrected chi connectivity index (χ0v) is 16.1. The smallest absolute Gasteiger partial charge is 0.295 e. The zero-order chi connectivity index (χ0) is 20.5. The van der Waals surface area contributed by atoms with Gasteiger partial charge in [0.15, 0.2) is 0 Å². The summed E-state index contributed by atoms with van der Waals surface area (Å²) in [6, 6.07) is 6.59. The number of allylic oxidation sites excluding steroid dienone is 1. The number of nitrogens with one attached hydrogen (secondary N) is 2. The minimum atomic E-state index is -0.594. The number of carbonyl (C=O) groups excluding carboxylic acids is 2. The van der Waals surface area contributed by atoms with Crippen LogP contribution in [0.4, 0.5) is 0 Å². The summed E-state index contributed by atoms with van der Waals surface area (Å²) in [5, 5.41) is 5.80. The monoisotopic (exact) mass is 411 g/mol. The van der Waals surface area contributed by atoms with Crippen LogP contribution in [0.2, 0.25) is 5.02 Å². The molecule has 1 aliphatic rings. The lowest BCUT2D eigenvalue weighted by Crippen LogP contribution is -2.40. The van der Waals surface area contributed by atoms with E-state index in [9.17, 15) is 14.4 Å². The van der Waals surface area contributed by atoms with E-state index in [0.717, 1.165) is 0 Å². The second kappa shape index (κ2) is 7.56. The number of amides is 2. The highest BCUT2D eigenvalue weighted by atomic mass is 35.5. The number of rotatable bonds is 5. The standard InChI is InChI=1S/C20H18ClN5O3/c1-2-9-26-16(12-5-3-4-6-13(12)21)11-25-10-15(23-17(25)20(26)29)19(28)24-14-7-8-22-18(14)27/h2-6,10-11,14H,1,7-9H2,(H,22,27)(H,24,28). The molecule has 1 fully saturated rings. The summed E-state index contributed by atoms with van der Waals surface area (Å²) in [6.07, 6.45) is 5.29. The average Bonchev–Trinajstić information content (AvgIpc) is 3.31. The van der Waals surface area contributed by atoms with Crippen LogP contribution in [0.3, 0.4) is 0 Å². The van der Waals surface area contributed by atoms with Crippen LogP contribution >= 0.6 is 11.6 Å². The first-order valence-corrected chi connectivity index (χ1v) is 9.44. The van der Waals surface area contributed by atoms with Crippen molar-refractivity contribution in [1.82, 2.24) is 24.6 Å². The van der Waals surface area contributed by atoms with Crippen molar-refractivity contribution in [2.24, 2.45) is 0 Å². The van der Waals surface area contributed by atoms with Gasteiger partial charge in [-0.1, -0.05) is 35.9 Å². The van der Waals surface area contributed by atoms with Crippen LogP contribution in [-0.4, -0.2) is 38.4 Å². The summed E-state index contributed by atoms with van der Waals surface area (Å²) in [5.74, 6) is -0.735. The van der Waals surface area contributed by atoms with E-state index in [0.29, 0.717) is 29.2 Å². The van der Waals surface area contributed by atoms with Gasteiger partial charge in [0.05, 0.1) is 5.69 Å². The number of aromatic nitrogens is 3. The molecule has 3 aromatic rings. The molecule has 1 unspecified atom stereocenters. The molecule has 3 heterocycles. The molecule has 2 N–H and O–H groups in total. The Hall–Kier alpha value is -3.39. The van der Waals surface area contributed by atoms with Crippen molar-refractivity contribution in [2.75, 3.05) is 6.54 Å². The molecule has 2 aromatic heterocycles. The third-order valence-electron chi connectivity index (χ3n) is 4.77. The van der Waals surface area contributed by atoms with E-state index in [4.69, 9.17) is 11.6 Å². The van der Waals surface area contributed by atoms with E-state index in [1.54, 1.807) is 24.4 Å².